The Kier molecular flexibility index (Phi) is 5.75. The molecule has 0 aliphatic carbocycles. The van der Waals surface area contributed by atoms with Gasteiger partial charge in [0.2, 0.25) is 0 Å². The van der Waals surface area contributed by atoms with Crippen LogP contribution in [-0.4, -0.2) is 63.0 Å². The van der Waals surface area contributed by atoms with E-state index >= 15 is 0 Å². The molecular weight excluding hydrogens is 448 g/mol. The van der Waals surface area contributed by atoms with Crippen LogP contribution in [0.3, 0.4) is 0 Å². The average molecular weight is 473 g/mol. The quantitative estimate of drug-likeness (QED) is 0.357. The minimum atomic E-state index is -0.590. The number of amides is 2. The van der Waals surface area contributed by atoms with Gasteiger partial charge in [0.05, 0.1) is 16.6 Å². The number of H-pyrrole nitrogens is 1. The highest BCUT2D eigenvalue weighted by molar-refractivity contribution is 7.13. The number of hydrogen-bond acceptors (Lipinski definition) is 5. The van der Waals surface area contributed by atoms with E-state index < -0.39 is 11.7 Å². The number of aryl methyl sites for hydroxylation is 1. The number of aromatic nitrogens is 2. The number of nitrogens with one attached hydrogen (secondary N) is 1. The molecule has 8 heteroatoms. The van der Waals surface area contributed by atoms with E-state index in [1.807, 2.05) is 38.1 Å². The first kappa shape index (κ1) is 22.0. The Hall–Kier alpha value is -3.78. The van der Waals surface area contributed by atoms with E-state index in [0.29, 0.717) is 30.7 Å². The molecule has 1 saturated heterocycles. The Morgan fingerprint density at radius 3 is 2.62 bits per heavy atom. The molecule has 0 saturated carbocycles. The predicted octanol–water partition coefficient (Wildman–Crippen LogP) is 4.16. The summed E-state index contributed by atoms with van der Waals surface area (Å²) >= 11 is 1.63. The normalized spacial score (nSPS) is 16.1. The van der Waals surface area contributed by atoms with Gasteiger partial charge in [0, 0.05) is 54.1 Å². The van der Waals surface area contributed by atoms with E-state index in [4.69, 9.17) is 0 Å². The van der Waals surface area contributed by atoms with Crippen molar-refractivity contribution in [1.29, 1.82) is 0 Å². The van der Waals surface area contributed by atoms with Crippen molar-refractivity contribution in [3.63, 3.8) is 0 Å². The lowest BCUT2D eigenvalue weighted by Gasteiger charge is -2.39. The van der Waals surface area contributed by atoms with Crippen LogP contribution in [0.25, 0.3) is 21.5 Å². The standard InChI is InChI=1S/C26H24N4O3S/c1-16-12-21(34-15-16)19-8-9-27-23-20(13-28-22(19)23)24(31)26(33)30-11-10-29(14-17(30)2)25(32)18-6-4-3-5-7-18/h3-9,12-13,15,17,28H,10-11,14H2,1-2H3/t17-/m0/s1. The van der Waals surface area contributed by atoms with Crippen molar-refractivity contribution in [1.82, 2.24) is 19.8 Å². The monoisotopic (exact) mass is 472 g/mol. The molecular formula is C26H24N4O3S. The minimum absolute atomic E-state index is 0.0666. The molecule has 2 amide bonds. The van der Waals surface area contributed by atoms with Gasteiger partial charge in [0.15, 0.2) is 0 Å². The lowest BCUT2D eigenvalue weighted by molar-refractivity contribution is -0.130. The smallest absolute Gasteiger partial charge is 0.295 e. The number of hydrogen-bond donors (Lipinski definition) is 1. The molecule has 0 spiro atoms. The summed E-state index contributed by atoms with van der Waals surface area (Å²) in [7, 11) is 0. The molecule has 1 atom stereocenters. The van der Waals surface area contributed by atoms with E-state index in [1.165, 1.54) is 5.56 Å². The van der Waals surface area contributed by atoms with Crippen molar-refractivity contribution < 1.29 is 14.4 Å². The highest BCUT2D eigenvalue weighted by Crippen LogP contribution is 2.33. The lowest BCUT2D eigenvalue weighted by Crippen LogP contribution is -2.56. The Labute approximate surface area is 201 Å². The maximum atomic E-state index is 13.2. The highest BCUT2D eigenvalue weighted by atomic mass is 32.1. The summed E-state index contributed by atoms with van der Waals surface area (Å²) in [4.78, 5) is 51.1. The Bertz CT molecular complexity index is 1390. The van der Waals surface area contributed by atoms with Crippen molar-refractivity contribution in [2.45, 2.75) is 19.9 Å². The van der Waals surface area contributed by atoms with E-state index in [-0.39, 0.29) is 17.5 Å². The topological polar surface area (TPSA) is 86.4 Å². The molecule has 0 radical (unpaired) electrons. The van der Waals surface area contributed by atoms with Crippen molar-refractivity contribution in [2.75, 3.05) is 19.6 Å². The van der Waals surface area contributed by atoms with Gasteiger partial charge in [-0.15, -0.1) is 11.3 Å². The number of pyridine rings is 1. The summed E-state index contributed by atoms with van der Waals surface area (Å²) in [5.41, 5.74) is 4.24. The second-order valence-electron chi connectivity index (χ2n) is 8.57. The largest absolute Gasteiger partial charge is 0.359 e. The van der Waals surface area contributed by atoms with Gasteiger partial charge in [0.25, 0.3) is 17.6 Å². The maximum absolute atomic E-state index is 13.2. The van der Waals surface area contributed by atoms with Crippen LogP contribution in [0.1, 0.15) is 33.2 Å². The Morgan fingerprint density at radius 2 is 1.91 bits per heavy atom. The van der Waals surface area contributed by atoms with Gasteiger partial charge in [-0.1, -0.05) is 18.2 Å². The van der Waals surface area contributed by atoms with Crippen molar-refractivity contribution in [3.05, 3.63) is 76.9 Å². The van der Waals surface area contributed by atoms with Crippen molar-refractivity contribution in [2.24, 2.45) is 0 Å². The van der Waals surface area contributed by atoms with Crippen LogP contribution in [0, 0.1) is 6.92 Å². The zero-order valence-electron chi connectivity index (χ0n) is 18.9. The number of piperazine rings is 1. The van der Waals surface area contributed by atoms with Crippen LogP contribution >= 0.6 is 11.3 Å². The first-order valence-corrected chi connectivity index (χ1v) is 12.0. The molecule has 1 N–H and O–H groups in total. The number of benzene rings is 1. The fraction of sp³-hybridized carbons (Fsp3) is 0.231. The fourth-order valence-corrected chi connectivity index (χ4v) is 5.36. The summed E-state index contributed by atoms with van der Waals surface area (Å²) in [5.74, 6) is -1.23. The molecule has 0 bridgehead atoms. The van der Waals surface area contributed by atoms with Crippen LogP contribution in [0.2, 0.25) is 0 Å². The van der Waals surface area contributed by atoms with Crippen LogP contribution in [0.15, 0.2) is 60.2 Å². The third kappa shape index (κ3) is 3.90. The molecule has 7 nitrogen and oxygen atoms in total. The number of Topliss-reactive ketones (excluding diaryl/α,β-unsaturated/α-hetero) is 1. The van der Waals surface area contributed by atoms with Gasteiger partial charge in [-0.3, -0.25) is 19.4 Å². The van der Waals surface area contributed by atoms with Gasteiger partial charge in [-0.25, -0.2) is 0 Å². The van der Waals surface area contributed by atoms with Crippen LogP contribution in [0.4, 0.5) is 0 Å². The molecule has 1 aliphatic rings. The zero-order valence-corrected chi connectivity index (χ0v) is 19.8. The SMILES string of the molecule is Cc1csc(-c2ccnc3c(C(=O)C(=O)N4CCN(C(=O)c5ccccc5)C[C@@H]4C)c[nH]c23)c1. The molecule has 172 valence electrons. The van der Waals surface area contributed by atoms with Crippen LogP contribution < -0.4 is 0 Å². The van der Waals surface area contributed by atoms with E-state index in [2.05, 4.69) is 21.4 Å². The molecule has 1 aliphatic heterocycles. The molecule has 4 heterocycles. The van der Waals surface area contributed by atoms with Crippen LogP contribution in [0.5, 0.6) is 0 Å². The average Bonchev–Trinajstić information content (AvgIpc) is 3.49. The number of rotatable bonds is 4. The Balaban J connectivity index is 1.35. The second-order valence-corrected chi connectivity index (χ2v) is 9.48. The van der Waals surface area contributed by atoms with Gasteiger partial charge in [0.1, 0.15) is 0 Å². The predicted molar refractivity (Wildman–Crippen MR) is 132 cm³/mol. The van der Waals surface area contributed by atoms with Gasteiger partial charge in [-0.05, 0) is 49.1 Å². The first-order valence-electron chi connectivity index (χ1n) is 11.1. The summed E-state index contributed by atoms with van der Waals surface area (Å²) in [5, 5.41) is 2.07. The number of aromatic amines is 1. The second kappa shape index (κ2) is 8.87. The van der Waals surface area contributed by atoms with Gasteiger partial charge in [-0.2, -0.15) is 0 Å². The number of nitrogens with zero attached hydrogens (tertiary/aromatic N) is 3. The van der Waals surface area contributed by atoms with Crippen molar-refractivity contribution >= 4 is 40.0 Å². The molecule has 5 rings (SSSR count). The van der Waals surface area contributed by atoms with Crippen LogP contribution in [-0.2, 0) is 4.79 Å². The Morgan fingerprint density at radius 1 is 1.12 bits per heavy atom. The molecule has 1 fully saturated rings. The molecule has 34 heavy (non-hydrogen) atoms. The molecule has 3 aromatic heterocycles. The number of carbonyl (C=O) groups excluding carboxylic acids is 3. The molecule has 0 unspecified atom stereocenters. The summed E-state index contributed by atoms with van der Waals surface area (Å²) in [6.45, 7) is 4.96. The lowest BCUT2D eigenvalue weighted by atomic mass is 10.1. The number of carbonyl (C=O) groups is 3. The third-order valence-corrected chi connectivity index (χ3v) is 7.28. The summed E-state index contributed by atoms with van der Waals surface area (Å²) in [6.07, 6.45) is 3.24. The number of ketones is 1. The van der Waals surface area contributed by atoms with Gasteiger partial charge >= 0.3 is 0 Å². The minimum Gasteiger partial charge on any atom is -0.359 e. The van der Waals surface area contributed by atoms with E-state index in [0.717, 1.165) is 16.0 Å². The summed E-state index contributed by atoms with van der Waals surface area (Å²) < 4.78 is 0. The highest BCUT2D eigenvalue weighted by Gasteiger charge is 2.34. The van der Waals surface area contributed by atoms with E-state index in [9.17, 15) is 14.4 Å². The third-order valence-electron chi connectivity index (χ3n) is 6.20. The number of thiophene rings is 1. The maximum Gasteiger partial charge on any atom is 0.295 e. The van der Waals surface area contributed by atoms with E-state index in [1.54, 1.807) is 45.7 Å². The number of fused-ring (bicyclic) bond motifs is 1. The van der Waals surface area contributed by atoms with Gasteiger partial charge < -0.3 is 14.8 Å². The zero-order chi connectivity index (χ0) is 23.8. The van der Waals surface area contributed by atoms with Crippen molar-refractivity contribution in [3.8, 4) is 10.4 Å². The molecule has 1 aromatic carbocycles. The summed E-state index contributed by atoms with van der Waals surface area (Å²) in [6, 6.07) is 12.8. The molecule has 4 aromatic rings. The first-order chi connectivity index (χ1) is 16.4. The fourth-order valence-electron chi connectivity index (χ4n) is 4.43.